The Kier molecular flexibility index (Phi) is 2.87. The van der Waals surface area contributed by atoms with Crippen molar-refractivity contribution in [2.75, 3.05) is 11.5 Å². The van der Waals surface area contributed by atoms with Gasteiger partial charge < -0.3 is 5.73 Å². The zero-order chi connectivity index (χ0) is 10.7. The first-order valence-corrected chi connectivity index (χ1v) is 5.23. The third-order valence-corrected chi connectivity index (χ3v) is 2.31. The monoisotopic (exact) mass is 217 g/mol. The second-order valence-electron chi connectivity index (χ2n) is 3.08. The fourth-order valence-electron chi connectivity index (χ4n) is 1.42. The van der Waals surface area contributed by atoms with Crippen LogP contribution in [0.15, 0.2) is 30.6 Å². The molecule has 1 heterocycles. The van der Waals surface area contributed by atoms with Crippen LogP contribution in [0.2, 0.25) is 0 Å². The fourth-order valence-corrected chi connectivity index (χ4v) is 1.52. The van der Waals surface area contributed by atoms with Gasteiger partial charge in [-0.2, -0.15) is 12.6 Å². The molecule has 2 aromatic rings. The van der Waals surface area contributed by atoms with Gasteiger partial charge in [0.2, 0.25) is 0 Å². The van der Waals surface area contributed by atoms with Gasteiger partial charge in [0.05, 0.1) is 11.0 Å². The zero-order valence-electron chi connectivity index (χ0n) is 8.09. The number of hydrogen-bond donors (Lipinski definition) is 2. The number of rotatable bonds is 2. The van der Waals surface area contributed by atoms with E-state index in [-0.39, 0.29) is 0 Å². The van der Waals surface area contributed by atoms with Gasteiger partial charge in [0.1, 0.15) is 0 Å². The molecule has 0 fully saturated rings. The van der Waals surface area contributed by atoms with Crippen LogP contribution in [0.5, 0.6) is 0 Å². The normalized spacial score (nSPS) is 11.3. The van der Waals surface area contributed by atoms with Crippen LogP contribution in [-0.2, 0) is 0 Å². The standard InChI is InChI=1S/C11H11N3S/c12-9-3-4-10-11(14-6-5-13-10)8(9)2-1-7-15/h1-6,15H,7,12H2. The maximum absolute atomic E-state index is 5.88. The van der Waals surface area contributed by atoms with Crippen LogP contribution in [0.1, 0.15) is 5.56 Å². The number of anilines is 1. The van der Waals surface area contributed by atoms with Crippen LogP contribution < -0.4 is 5.73 Å². The predicted octanol–water partition coefficient (Wildman–Crippen LogP) is 2.16. The number of nitrogen functional groups attached to an aromatic ring is 1. The first kappa shape index (κ1) is 9.98. The van der Waals surface area contributed by atoms with Crippen LogP contribution in [-0.4, -0.2) is 15.7 Å². The third-order valence-electron chi connectivity index (χ3n) is 2.10. The van der Waals surface area contributed by atoms with Crippen molar-refractivity contribution in [3.63, 3.8) is 0 Å². The van der Waals surface area contributed by atoms with E-state index in [4.69, 9.17) is 5.73 Å². The summed E-state index contributed by atoms with van der Waals surface area (Å²) in [6, 6.07) is 3.71. The molecule has 0 saturated carbocycles. The van der Waals surface area contributed by atoms with Gasteiger partial charge >= 0.3 is 0 Å². The van der Waals surface area contributed by atoms with Crippen molar-refractivity contribution in [3.05, 3.63) is 36.2 Å². The van der Waals surface area contributed by atoms with Crippen LogP contribution in [0, 0.1) is 0 Å². The largest absolute Gasteiger partial charge is 0.398 e. The molecule has 1 aromatic carbocycles. The Hall–Kier alpha value is -1.55. The van der Waals surface area contributed by atoms with Crippen LogP contribution in [0.25, 0.3) is 17.1 Å². The summed E-state index contributed by atoms with van der Waals surface area (Å²) in [5, 5.41) is 0. The summed E-state index contributed by atoms with van der Waals surface area (Å²) < 4.78 is 0. The van der Waals surface area contributed by atoms with Gasteiger partial charge in [0.15, 0.2) is 0 Å². The van der Waals surface area contributed by atoms with E-state index in [9.17, 15) is 0 Å². The van der Waals surface area contributed by atoms with Crippen molar-refractivity contribution >= 4 is 35.4 Å². The van der Waals surface area contributed by atoms with Gasteiger partial charge in [0.25, 0.3) is 0 Å². The maximum atomic E-state index is 5.88. The summed E-state index contributed by atoms with van der Waals surface area (Å²) in [5.41, 5.74) is 9.19. The minimum Gasteiger partial charge on any atom is -0.398 e. The van der Waals surface area contributed by atoms with E-state index in [0.29, 0.717) is 11.4 Å². The molecule has 0 atom stereocenters. The lowest BCUT2D eigenvalue weighted by Crippen LogP contribution is -1.93. The molecule has 0 aliphatic rings. The molecule has 0 bridgehead atoms. The molecule has 4 heteroatoms. The van der Waals surface area contributed by atoms with Gasteiger partial charge in [0, 0.05) is 29.4 Å². The molecular weight excluding hydrogens is 206 g/mol. The van der Waals surface area contributed by atoms with Crippen LogP contribution in [0.3, 0.4) is 0 Å². The van der Waals surface area contributed by atoms with Crippen molar-refractivity contribution in [1.29, 1.82) is 0 Å². The Labute approximate surface area is 93.5 Å². The highest BCUT2D eigenvalue weighted by Crippen LogP contribution is 2.22. The summed E-state index contributed by atoms with van der Waals surface area (Å²) in [6.07, 6.45) is 7.20. The summed E-state index contributed by atoms with van der Waals surface area (Å²) in [6.45, 7) is 0. The second-order valence-corrected chi connectivity index (χ2v) is 3.44. The van der Waals surface area contributed by atoms with Gasteiger partial charge in [-0.05, 0) is 12.1 Å². The van der Waals surface area contributed by atoms with E-state index in [1.54, 1.807) is 12.4 Å². The smallest absolute Gasteiger partial charge is 0.0979 e. The van der Waals surface area contributed by atoms with E-state index in [1.807, 2.05) is 24.3 Å². The summed E-state index contributed by atoms with van der Waals surface area (Å²) >= 11 is 4.12. The first-order valence-electron chi connectivity index (χ1n) is 4.59. The van der Waals surface area contributed by atoms with Crippen molar-refractivity contribution in [1.82, 2.24) is 9.97 Å². The van der Waals surface area contributed by atoms with Gasteiger partial charge in [-0.3, -0.25) is 9.97 Å². The number of nitrogens with zero attached hydrogens (tertiary/aromatic N) is 2. The minimum atomic E-state index is 0.677. The molecule has 76 valence electrons. The van der Waals surface area contributed by atoms with E-state index in [0.717, 1.165) is 16.6 Å². The maximum Gasteiger partial charge on any atom is 0.0979 e. The highest BCUT2D eigenvalue weighted by molar-refractivity contribution is 7.80. The first-order chi connectivity index (χ1) is 7.33. The van der Waals surface area contributed by atoms with Gasteiger partial charge in [-0.25, -0.2) is 0 Å². The number of aromatic nitrogens is 2. The number of nitrogens with two attached hydrogens (primary N) is 1. The Morgan fingerprint density at radius 3 is 2.87 bits per heavy atom. The minimum absolute atomic E-state index is 0.677. The lowest BCUT2D eigenvalue weighted by atomic mass is 10.1. The Morgan fingerprint density at radius 1 is 1.27 bits per heavy atom. The molecule has 2 N–H and O–H groups in total. The highest BCUT2D eigenvalue weighted by atomic mass is 32.1. The molecule has 0 spiro atoms. The summed E-state index contributed by atoms with van der Waals surface area (Å²) in [7, 11) is 0. The summed E-state index contributed by atoms with van der Waals surface area (Å²) in [4.78, 5) is 8.50. The van der Waals surface area contributed by atoms with Crippen molar-refractivity contribution in [2.45, 2.75) is 0 Å². The van der Waals surface area contributed by atoms with Gasteiger partial charge in [-0.15, -0.1) is 0 Å². The lowest BCUT2D eigenvalue weighted by Gasteiger charge is -2.03. The molecule has 2 rings (SSSR count). The molecule has 0 amide bonds. The van der Waals surface area contributed by atoms with Crippen LogP contribution >= 0.6 is 12.6 Å². The predicted molar refractivity (Wildman–Crippen MR) is 66.8 cm³/mol. The Bertz CT molecular complexity index is 508. The Morgan fingerprint density at radius 2 is 2.07 bits per heavy atom. The van der Waals surface area contributed by atoms with Gasteiger partial charge in [-0.1, -0.05) is 12.2 Å². The molecule has 0 radical (unpaired) electrons. The Balaban J connectivity index is 2.68. The number of fused-ring (bicyclic) bond motifs is 1. The molecule has 0 aliphatic heterocycles. The molecular formula is C11H11N3S. The van der Waals surface area contributed by atoms with Crippen LogP contribution in [0.4, 0.5) is 5.69 Å². The van der Waals surface area contributed by atoms with E-state index < -0.39 is 0 Å². The molecule has 0 unspecified atom stereocenters. The topological polar surface area (TPSA) is 51.8 Å². The molecule has 0 aliphatic carbocycles. The molecule has 3 nitrogen and oxygen atoms in total. The number of thiol groups is 1. The fraction of sp³-hybridized carbons (Fsp3) is 0.0909. The van der Waals surface area contributed by atoms with Crippen molar-refractivity contribution < 1.29 is 0 Å². The van der Waals surface area contributed by atoms with E-state index in [2.05, 4.69) is 22.6 Å². The quantitative estimate of drug-likeness (QED) is 0.598. The van der Waals surface area contributed by atoms with Crippen molar-refractivity contribution in [3.8, 4) is 0 Å². The second kappa shape index (κ2) is 4.31. The third kappa shape index (κ3) is 1.94. The number of hydrogen-bond acceptors (Lipinski definition) is 4. The van der Waals surface area contributed by atoms with Crippen molar-refractivity contribution in [2.24, 2.45) is 0 Å². The lowest BCUT2D eigenvalue weighted by molar-refractivity contribution is 1.29. The number of benzene rings is 1. The summed E-state index contributed by atoms with van der Waals surface area (Å²) in [5.74, 6) is 0.677. The zero-order valence-corrected chi connectivity index (χ0v) is 8.98. The molecule has 1 aromatic heterocycles. The highest BCUT2D eigenvalue weighted by Gasteiger charge is 2.03. The molecule has 15 heavy (non-hydrogen) atoms. The average Bonchev–Trinajstić information content (AvgIpc) is 2.28. The SMILES string of the molecule is Nc1ccc2nccnc2c1C=CCS. The average molecular weight is 217 g/mol. The van der Waals surface area contributed by atoms with E-state index in [1.165, 1.54) is 0 Å². The molecule has 0 saturated heterocycles. The van der Waals surface area contributed by atoms with E-state index >= 15 is 0 Å².